The van der Waals surface area contributed by atoms with Crippen molar-refractivity contribution in [3.8, 4) is 11.5 Å². The number of hydrogen-bond acceptors (Lipinski definition) is 6. The molecule has 7 heteroatoms. The first-order chi connectivity index (χ1) is 12.4. The molecule has 0 radical (unpaired) electrons. The summed E-state index contributed by atoms with van der Waals surface area (Å²) in [4.78, 5) is 0. The van der Waals surface area contributed by atoms with Gasteiger partial charge >= 0.3 is 0 Å². The number of ether oxygens (including phenoxy) is 2. The number of anilines is 1. The van der Waals surface area contributed by atoms with Crippen molar-refractivity contribution in [2.45, 2.75) is 39.2 Å². The Morgan fingerprint density at radius 2 is 1.73 bits per heavy atom. The van der Waals surface area contributed by atoms with Gasteiger partial charge in [0.25, 0.3) is 0 Å². The van der Waals surface area contributed by atoms with Crippen LogP contribution >= 0.6 is 0 Å². The number of benzene rings is 1. The topological polar surface area (TPSA) is 73.6 Å². The van der Waals surface area contributed by atoms with Gasteiger partial charge in [-0.05, 0) is 43.3 Å². The van der Waals surface area contributed by atoms with Crippen LogP contribution in [0.3, 0.4) is 0 Å². The Bertz CT molecular complexity index is 868. The van der Waals surface area contributed by atoms with Crippen molar-refractivity contribution in [2.75, 3.05) is 19.0 Å². The van der Waals surface area contributed by atoms with Gasteiger partial charge in [0.2, 0.25) is 0 Å². The highest BCUT2D eigenvalue weighted by Crippen LogP contribution is 2.21. The van der Waals surface area contributed by atoms with E-state index in [2.05, 4.69) is 41.4 Å². The molecule has 2 aromatic heterocycles. The maximum atomic E-state index is 5.91. The predicted molar refractivity (Wildman–Crippen MR) is 101 cm³/mol. The molecule has 1 unspecified atom stereocenters. The molecule has 0 fully saturated rings. The van der Waals surface area contributed by atoms with Crippen LogP contribution in [0.25, 0.3) is 5.65 Å². The van der Waals surface area contributed by atoms with Gasteiger partial charge in [-0.25, -0.2) is 0 Å². The predicted octanol–water partition coefficient (Wildman–Crippen LogP) is 3.31. The summed E-state index contributed by atoms with van der Waals surface area (Å²) >= 11 is 0. The van der Waals surface area contributed by atoms with Gasteiger partial charge in [-0.3, -0.25) is 0 Å². The van der Waals surface area contributed by atoms with Crippen LogP contribution in [-0.2, 0) is 5.41 Å². The van der Waals surface area contributed by atoms with Gasteiger partial charge in [0.1, 0.15) is 23.4 Å². The van der Waals surface area contributed by atoms with E-state index in [1.165, 1.54) is 0 Å². The van der Waals surface area contributed by atoms with Gasteiger partial charge in [-0.1, -0.05) is 20.8 Å². The van der Waals surface area contributed by atoms with Crippen LogP contribution in [-0.4, -0.2) is 39.6 Å². The Hall–Kier alpha value is -2.83. The number of rotatable bonds is 6. The van der Waals surface area contributed by atoms with E-state index in [1.807, 2.05) is 43.3 Å². The quantitative estimate of drug-likeness (QED) is 0.731. The fourth-order valence-electron chi connectivity index (χ4n) is 2.53. The maximum absolute atomic E-state index is 5.91. The molecule has 138 valence electrons. The summed E-state index contributed by atoms with van der Waals surface area (Å²) in [6.45, 7) is 8.91. The molecule has 0 aliphatic carbocycles. The lowest BCUT2D eigenvalue weighted by molar-refractivity contribution is 0.234. The van der Waals surface area contributed by atoms with Gasteiger partial charge in [-0.2, -0.15) is 4.52 Å². The molecule has 0 saturated carbocycles. The van der Waals surface area contributed by atoms with Gasteiger partial charge in [0.15, 0.2) is 11.5 Å². The highest BCUT2D eigenvalue weighted by molar-refractivity contribution is 5.44. The molecule has 1 N–H and O–H groups in total. The standard InChI is InChI=1S/C19H25N5O2/c1-13(26-15-8-6-14(25-5)7-9-15)12-20-16-10-11-17-21-22-18(19(2,3)4)24(17)23-16/h6-11,13H,12H2,1-5H3,(H,20,23). The minimum absolute atomic E-state index is 0.0242. The van der Waals surface area contributed by atoms with Crippen molar-refractivity contribution in [1.29, 1.82) is 0 Å². The molecule has 26 heavy (non-hydrogen) atoms. The summed E-state index contributed by atoms with van der Waals surface area (Å²) in [6, 6.07) is 11.4. The summed E-state index contributed by atoms with van der Waals surface area (Å²) in [5.41, 5.74) is 0.610. The number of nitrogens with one attached hydrogen (secondary N) is 1. The molecule has 2 heterocycles. The van der Waals surface area contributed by atoms with E-state index in [-0.39, 0.29) is 11.5 Å². The van der Waals surface area contributed by atoms with E-state index in [4.69, 9.17) is 9.47 Å². The maximum Gasteiger partial charge on any atom is 0.178 e. The smallest absolute Gasteiger partial charge is 0.178 e. The molecule has 0 aliphatic rings. The number of aromatic nitrogens is 4. The van der Waals surface area contributed by atoms with Gasteiger partial charge in [0.05, 0.1) is 13.7 Å². The summed E-state index contributed by atoms with van der Waals surface area (Å²) < 4.78 is 12.9. The molecule has 7 nitrogen and oxygen atoms in total. The van der Waals surface area contributed by atoms with E-state index in [1.54, 1.807) is 11.6 Å². The molecule has 0 spiro atoms. The van der Waals surface area contributed by atoms with Crippen molar-refractivity contribution < 1.29 is 9.47 Å². The molecule has 3 rings (SSSR count). The Balaban J connectivity index is 1.65. The van der Waals surface area contributed by atoms with Crippen LogP contribution < -0.4 is 14.8 Å². The van der Waals surface area contributed by atoms with E-state index in [0.29, 0.717) is 6.54 Å². The molecule has 0 aliphatic heterocycles. The Morgan fingerprint density at radius 1 is 1.04 bits per heavy atom. The third-order valence-electron chi connectivity index (χ3n) is 3.90. The SMILES string of the molecule is COc1ccc(OC(C)CNc2ccc3nnc(C(C)(C)C)n3n2)cc1. The lowest BCUT2D eigenvalue weighted by atomic mass is 9.96. The van der Waals surface area contributed by atoms with Gasteiger partial charge < -0.3 is 14.8 Å². The summed E-state index contributed by atoms with van der Waals surface area (Å²) in [7, 11) is 1.65. The summed E-state index contributed by atoms with van der Waals surface area (Å²) in [6.07, 6.45) is -0.0242. The van der Waals surface area contributed by atoms with E-state index < -0.39 is 0 Å². The van der Waals surface area contributed by atoms with Crippen molar-refractivity contribution in [2.24, 2.45) is 0 Å². The van der Waals surface area contributed by atoms with Crippen LogP contribution in [0, 0.1) is 0 Å². The average molecular weight is 355 g/mol. The number of methoxy groups -OCH3 is 1. The third-order valence-corrected chi connectivity index (χ3v) is 3.90. The lowest BCUT2D eigenvalue weighted by Gasteiger charge is -2.17. The van der Waals surface area contributed by atoms with Gasteiger partial charge in [0, 0.05) is 5.41 Å². The lowest BCUT2D eigenvalue weighted by Crippen LogP contribution is -2.23. The molecule has 1 aromatic carbocycles. The Kier molecular flexibility index (Phi) is 4.97. The molecule has 3 aromatic rings. The second-order valence-corrected chi connectivity index (χ2v) is 7.25. The summed E-state index contributed by atoms with van der Waals surface area (Å²) in [5, 5.41) is 16.4. The first-order valence-corrected chi connectivity index (χ1v) is 8.64. The van der Waals surface area contributed by atoms with Crippen molar-refractivity contribution in [3.05, 3.63) is 42.2 Å². The fourth-order valence-corrected chi connectivity index (χ4v) is 2.53. The Morgan fingerprint density at radius 3 is 2.38 bits per heavy atom. The van der Waals surface area contributed by atoms with Crippen LogP contribution in [0.5, 0.6) is 11.5 Å². The molecule has 0 amide bonds. The normalized spacial score (nSPS) is 12.8. The fraction of sp³-hybridized carbons (Fsp3) is 0.421. The second-order valence-electron chi connectivity index (χ2n) is 7.25. The van der Waals surface area contributed by atoms with Crippen LogP contribution in [0.15, 0.2) is 36.4 Å². The highest BCUT2D eigenvalue weighted by Gasteiger charge is 2.21. The second kappa shape index (κ2) is 7.19. The zero-order chi connectivity index (χ0) is 18.7. The van der Waals surface area contributed by atoms with Crippen molar-refractivity contribution in [1.82, 2.24) is 19.8 Å². The molecule has 0 saturated heterocycles. The molecular formula is C19H25N5O2. The van der Waals surface area contributed by atoms with Crippen LogP contribution in [0.4, 0.5) is 5.82 Å². The van der Waals surface area contributed by atoms with Crippen molar-refractivity contribution >= 4 is 11.5 Å². The van der Waals surface area contributed by atoms with Crippen LogP contribution in [0.1, 0.15) is 33.5 Å². The van der Waals surface area contributed by atoms with E-state index >= 15 is 0 Å². The number of fused-ring (bicyclic) bond motifs is 1. The monoisotopic (exact) mass is 355 g/mol. The zero-order valence-corrected chi connectivity index (χ0v) is 15.9. The minimum Gasteiger partial charge on any atom is -0.497 e. The molecule has 0 bridgehead atoms. The zero-order valence-electron chi connectivity index (χ0n) is 15.9. The van der Waals surface area contributed by atoms with Gasteiger partial charge in [-0.15, -0.1) is 15.3 Å². The molecule has 1 atom stereocenters. The molecular weight excluding hydrogens is 330 g/mol. The van der Waals surface area contributed by atoms with Crippen LogP contribution in [0.2, 0.25) is 0 Å². The summed E-state index contributed by atoms with van der Waals surface area (Å²) in [5.74, 6) is 3.20. The first kappa shape index (κ1) is 18.0. The van der Waals surface area contributed by atoms with E-state index in [9.17, 15) is 0 Å². The largest absolute Gasteiger partial charge is 0.497 e. The minimum atomic E-state index is -0.129. The highest BCUT2D eigenvalue weighted by atomic mass is 16.5. The Labute approximate surface area is 153 Å². The van der Waals surface area contributed by atoms with E-state index in [0.717, 1.165) is 28.8 Å². The third kappa shape index (κ3) is 4.04. The first-order valence-electron chi connectivity index (χ1n) is 8.64. The number of nitrogens with zero attached hydrogens (tertiary/aromatic N) is 4. The average Bonchev–Trinajstić information content (AvgIpc) is 3.04. The van der Waals surface area contributed by atoms with Crippen molar-refractivity contribution in [3.63, 3.8) is 0 Å². The number of hydrogen-bond donors (Lipinski definition) is 1.